The molecule has 2 heterocycles. The summed E-state index contributed by atoms with van der Waals surface area (Å²) in [5, 5.41) is 5.11. The lowest BCUT2D eigenvalue weighted by atomic mass is 10.0. The molecule has 28 heavy (non-hydrogen) atoms. The number of hydrogen-bond donors (Lipinski definition) is 1. The number of amides is 1. The lowest BCUT2D eigenvalue weighted by molar-refractivity contribution is 0.0938. The van der Waals surface area contributed by atoms with E-state index in [4.69, 9.17) is 4.98 Å². The number of imidazole rings is 1. The van der Waals surface area contributed by atoms with Crippen LogP contribution in [0.5, 0.6) is 0 Å². The van der Waals surface area contributed by atoms with Crippen LogP contribution in [0, 0.1) is 0 Å². The summed E-state index contributed by atoms with van der Waals surface area (Å²) in [5.74, 6) is 0.767. The lowest BCUT2D eigenvalue weighted by Crippen LogP contribution is -2.31. The number of thiophene rings is 1. The molecule has 2 aromatic heterocycles. The van der Waals surface area contributed by atoms with E-state index < -0.39 is 0 Å². The Morgan fingerprint density at radius 2 is 1.89 bits per heavy atom. The van der Waals surface area contributed by atoms with E-state index in [1.165, 1.54) is 11.3 Å². The first-order valence-corrected chi connectivity index (χ1v) is 10.1. The van der Waals surface area contributed by atoms with Crippen LogP contribution in [0.4, 0.5) is 0 Å². The van der Waals surface area contributed by atoms with Gasteiger partial charge in [-0.25, -0.2) is 4.98 Å². The maximum atomic E-state index is 12.8. The maximum absolute atomic E-state index is 12.8. The lowest BCUT2D eigenvalue weighted by Gasteiger charge is -2.20. The second-order valence-corrected chi connectivity index (χ2v) is 7.50. The predicted octanol–water partition coefficient (Wildman–Crippen LogP) is 5.00. The fourth-order valence-corrected chi connectivity index (χ4v) is 4.00. The molecule has 0 saturated heterocycles. The summed E-state index contributed by atoms with van der Waals surface area (Å²) in [6.07, 6.45) is 2.52. The highest BCUT2D eigenvalue weighted by Gasteiger charge is 2.23. The van der Waals surface area contributed by atoms with Crippen molar-refractivity contribution in [2.24, 2.45) is 0 Å². The first-order valence-electron chi connectivity index (χ1n) is 9.20. The van der Waals surface area contributed by atoms with Crippen molar-refractivity contribution in [3.05, 3.63) is 101 Å². The Balaban J connectivity index is 1.76. The minimum absolute atomic E-state index is 0.0758. The van der Waals surface area contributed by atoms with Gasteiger partial charge in [-0.15, -0.1) is 17.9 Å². The zero-order chi connectivity index (χ0) is 19.3. The van der Waals surface area contributed by atoms with Crippen molar-refractivity contribution in [2.75, 3.05) is 0 Å². The highest BCUT2D eigenvalue weighted by Crippen LogP contribution is 2.25. The molecule has 0 aliphatic carbocycles. The monoisotopic (exact) mass is 387 g/mol. The van der Waals surface area contributed by atoms with Gasteiger partial charge in [0.1, 0.15) is 5.82 Å². The number of allylic oxidation sites excluding steroid dienone is 1. The van der Waals surface area contributed by atoms with E-state index in [2.05, 4.69) is 34.7 Å². The number of nitrogens with one attached hydrogen (secondary N) is 1. The summed E-state index contributed by atoms with van der Waals surface area (Å²) in [5.41, 5.74) is 3.11. The number of aromatic nitrogens is 2. The molecule has 0 radical (unpaired) electrons. The van der Waals surface area contributed by atoms with Crippen molar-refractivity contribution < 1.29 is 4.79 Å². The molecule has 4 rings (SSSR count). The van der Waals surface area contributed by atoms with Crippen LogP contribution in [0.1, 0.15) is 27.1 Å². The molecule has 0 bridgehead atoms. The predicted molar refractivity (Wildman–Crippen MR) is 115 cm³/mol. The quantitative estimate of drug-likeness (QED) is 0.454. The largest absolute Gasteiger partial charge is 0.341 e. The minimum atomic E-state index is -0.246. The number of carbonyl (C=O) groups excluding carboxylic acids is 1. The van der Waals surface area contributed by atoms with E-state index in [0.717, 1.165) is 22.4 Å². The molecular weight excluding hydrogens is 366 g/mol. The Bertz CT molecular complexity index is 1080. The molecule has 0 aliphatic rings. The number of rotatable bonds is 7. The molecule has 0 unspecified atom stereocenters. The fourth-order valence-electron chi connectivity index (χ4n) is 3.37. The van der Waals surface area contributed by atoms with Gasteiger partial charge < -0.3 is 9.88 Å². The fraction of sp³-hybridized carbons (Fsp3) is 0.130. The molecule has 1 N–H and O–H groups in total. The summed E-state index contributed by atoms with van der Waals surface area (Å²) < 4.78 is 2.13. The van der Waals surface area contributed by atoms with Gasteiger partial charge in [0.25, 0.3) is 5.91 Å². The van der Waals surface area contributed by atoms with Gasteiger partial charge in [0.05, 0.1) is 22.0 Å². The van der Waals surface area contributed by atoms with Crippen molar-refractivity contribution >= 4 is 28.3 Å². The van der Waals surface area contributed by atoms with E-state index in [9.17, 15) is 4.79 Å². The molecule has 0 aliphatic heterocycles. The van der Waals surface area contributed by atoms with Crippen LogP contribution in [0.15, 0.2) is 84.8 Å². The van der Waals surface area contributed by atoms with Crippen LogP contribution in [-0.2, 0) is 13.0 Å². The smallest absolute Gasteiger partial charge is 0.261 e. The Kier molecular flexibility index (Phi) is 5.35. The number of hydrogen-bond acceptors (Lipinski definition) is 3. The van der Waals surface area contributed by atoms with Gasteiger partial charge >= 0.3 is 0 Å². The topological polar surface area (TPSA) is 46.9 Å². The summed E-state index contributed by atoms with van der Waals surface area (Å²) in [6, 6.07) is 21.7. The van der Waals surface area contributed by atoms with Crippen LogP contribution < -0.4 is 5.32 Å². The molecule has 0 saturated carbocycles. The summed E-state index contributed by atoms with van der Waals surface area (Å²) >= 11 is 1.44. The van der Waals surface area contributed by atoms with Gasteiger partial charge in [0.2, 0.25) is 0 Å². The van der Waals surface area contributed by atoms with Crippen molar-refractivity contribution in [2.45, 2.75) is 19.0 Å². The normalized spacial score (nSPS) is 12.0. The summed E-state index contributed by atoms with van der Waals surface area (Å²) in [7, 11) is 0. The number of carbonyl (C=O) groups is 1. The Hall–Kier alpha value is -3.18. The van der Waals surface area contributed by atoms with Crippen LogP contribution in [0.25, 0.3) is 11.0 Å². The zero-order valence-electron chi connectivity index (χ0n) is 15.4. The summed E-state index contributed by atoms with van der Waals surface area (Å²) in [4.78, 5) is 18.4. The molecular formula is C23H21N3OS. The Morgan fingerprint density at radius 1 is 1.11 bits per heavy atom. The highest BCUT2D eigenvalue weighted by atomic mass is 32.1. The van der Waals surface area contributed by atoms with Crippen molar-refractivity contribution in [3.8, 4) is 0 Å². The molecule has 4 nitrogen and oxygen atoms in total. The van der Waals surface area contributed by atoms with E-state index in [1.54, 1.807) is 0 Å². The highest BCUT2D eigenvalue weighted by molar-refractivity contribution is 7.12. The first-order chi connectivity index (χ1) is 13.8. The molecule has 140 valence electrons. The molecule has 0 spiro atoms. The first kappa shape index (κ1) is 18.2. The maximum Gasteiger partial charge on any atom is 0.261 e. The molecule has 5 heteroatoms. The Morgan fingerprint density at radius 3 is 2.64 bits per heavy atom. The third-order valence-corrected chi connectivity index (χ3v) is 5.51. The van der Waals surface area contributed by atoms with Crippen LogP contribution in [0.3, 0.4) is 0 Å². The van der Waals surface area contributed by atoms with Gasteiger partial charge in [0, 0.05) is 6.54 Å². The average molecular weight is 388 g/mol. The number of nitrogens with zero attached hydrogens (tertiary/aromatic N) is 2. The standard InChI is InChI=1S/C23H21N3OS/c1-2-14-26-20-12-7-6-11-18(20)24-22(26)19(16-17-9-4-3-5-10-17)25-23(27)21-13-8-15-28-21/h2-13,15,19H,1,14,16H2,(H,25,27)/t19-/m0/s1. The van der Waals surface area contributed by atoms with Crippen LogP contribution in [-0.4, -0.2) is 15.5 Å². The SMILES string of the molecule is C=CCn1c([C@H](Cc2ccccc2)NC(=O)c2cccs2)nc2ccccc21. The second-order valence-electron chi connectivity index (χ2n) is 6.55. The van der Waals surface area contributed by atoms with E-state index in [0.29, 0.717) is 17.8 Å². The van der Waals surface area contributed by atoms with Crippen molar-refractivity contribution in [3.63, 3.8) is 0 Å². The van der Waals surface area contributed by atoms with E-state index in [1.807, 2.05) is 60.0 Å². The summed E-state index contributed by atoms with van der Waals surface area (Å²) in [6.45, 7) is 4.53. The van der Waals surface area contributed by atoms with Crippen LogP contribution >= 0.6 is 11.3 Å². The third-order valence-electron chi connectivity index (χ3n) is 4.64. The van der Waals surface area contributed by atoms with Gasteiger partial charge in [-0.05, 0) is 35.6 Å². The number of fused-ring (bicyclic) bond motifs is 1. The van der Waals surface area contributed by atoms with Gasteiger partial charge in [0.15, 0.2) is 0 Å². The number of para-hydroxylation sites is 2. The number of benzene rings is 2. The average Bonchev–Trinajstić information content (AvgIpc) is 3.37. The molecule has 1 atom stereocenters. The van der Waals surface area contributed by atoms with Gasteiger partial charge in [-0.3, -0.25) is 4.79 Å². The minimum Gasteiger partial charge on any atom is -0.341 e. The van der Waals surface area contributed by atoms with E-state index >= 15 is 0 Å². The van der Waals surface area contributed by atoms with Crippen molar-refractivity contribution in [1.82, 2.24) is 14.9 Å². The third kappa shape index (κ3) is 3.75. The molecule has 1 amide bonds. The van der Waals surface area contributed by atoms with Gasteiger partial charge in [-0.2, -0.15) is 0 Å². The van der Waals surface area contributed by atoms with Crippen LogP contribution in [0.2, 0.25) is 0 Å². The zero-order valence-corrected chi connectivity index (χ0v) is 16.2. The molecule has 2 aromatic carbocycles. The molecule has 4 aromatic rings. The second kappa shape index (κ2) is 8.23. The molecule has 0 fully saturated rings. The van der Waals surface area contributed by atoms with Crippen molar-refractivity contribution in [1.29, 1.82) is 0 Å². The Labute approximate surface area is 168 Å². The van der Waals surface area contributed by atoms with Gasteiger partial charge in [-0.1, -0.05) is 54.6 Å². The van der Waals surface area contributed by atoms with E-state index in [-0.39, 0.29) is 11.9 Å².